The molecular formula is C10H18O. The van der Waals surface area contributed by atoms with Crippen molar-refractivity contribution < 1.29 is 4.79 Å². The molecular weight excluding hydrogens is 136 g/mol. The van der Waals surface area contributed by atoms with Crippen LogP contribution < -0.4 is 0 Å². The van der Waals surface area contributed by atoms with E-state index in [9.17, 15) is 4.79 Å². The van der Waals surface area contributed by atoms with E-state index >= 15 is 0 Å². The maximum absolute atomic E-state index is 10.4. The third kappa shape index (κ3) is 1.47. The summed E-state index contributed by atoms with van der Waals surface area (Å²) in [4.78, 5) is 10.4. The molecule has 0 bridgehead atoms. The van der Waals surface area contributed by atoms with Gasteiger partial charge in [0.05, 0.1) is 0 Å². The Hall–Kier alpha value is -0.330. The summed E-state index contributed by atoms with van der Waals surface area (Å²) < 4.78 is 0. The minimum atomic E-state index is 0.390. The molecule has 1 fully saturated rings. The predicted molar refractivity (Wildman–Crippen MR) is 46.4 cm³/mol. The van der Waals surface area contributed by atoms with Crippen molar-refractivity contribution in [3.05, 3.63) is 0 Å². The molecule has 1 heteroatoms. The lowest BCUT2D eigenvalue weighted by molar-refractivity contribution is -0.109. The molecule has 11 heavy (non-hydrogen) atoms. The number of carbonyl (C=O) groups excluding carboxylic acids is 1. The minimum Gasteiger partial charge on any atom is -0.303 e. The van der Waals surface area contributed by atoms with E-state index in [2.05, 4.69) is 20.8 Å². The average Bonchev–Trinajstić information content (AvgIpc) is 2.16. The fourth-order valence-corrected chi connectivity index (χ4v) is 2.14. The van der Waals surface area contributed by atoms with Crippen LogP contribution in [0.3, 0.4) is 0 Å². The van der Waals surface area contributed by atoms with Crippen molar-refractivity contribution in [2.45, 2.75) is 40.0 Å². The van der Waals surface area contributed by atoms with Crippen LogP contribution in [0.25, 0.3) is 0 Å². The summed E-state index contributed by atoms with van der Waals surface area (Å²) >= 11 is 0. The second kappa shape index (κ2) is 2.96. The highest BCUT2D eigenvalue weighted by Gasteiger charge is 2.39. The van der Waals surface area contributed by atoms with E-state index in [1.54, 1.807) is 0 Å². The fourth-order valence-electron chi connectivity index (χ4n) is 2.14. The van der Waals surface area contributed by atoms with Gasteiger partial charge in [0.2, 0.25) is 0 Å². The zero-order valence-corrected chi connectivity index (χ0v) is 7.76. The first kappa shape index (κ1) is 8.76. The Kier molecular flexibility index (Phi) is 2.36. The summed E-state index contributed by atoms with van der Waals surface area (Å²) in [7, 11) is 0. The molecule has 0 spiro atoms. The van der Waals surface area contributed by atoms with Crippen LogP contribution in [0.1, 0.15) is 40.0 Å². The topological polar surface area (TPSA) is 17.1 Å². The average molecular weight is 154 g/mol. The Morgan fingerprint density at radius 2 is 2.09 bits per heavy atom. The molecule has 0 radical (unpaired) electrons. The van der Waals surface area contributed by atoms with Crippen LogP contribution in [-0.4, -0.2) is 6.29 Å². The zero-order valence-electron chi connectivity index (χ0n) is 7.76. The number of rotatable bonds is 2. The molecule has 0 aromatic carbocycles. The van der Waals surface area contributed by atoms with Crippen molar-refractivity contribution in [3.8, 4) is 0 Å². The van der Waals surface area contributed by atoms with Gasteiger partial charge in [0.1, 0.15) is 6.29 Å². The number of hydrogen-bond acceptors (Lipinski definition) is 1. The van der Waals surface area contributed by atoms with Gasteiger partial charge in [-0.1, -0.05) is 20.8 Å². The van der Waals surface area contributed by atoms with Crippen molar-refractivity contribution >= 4 is 6.29 Å². The molecule has 1 saturated carbocycles. The molecule has 1 aliphatic rings. The number of hydrogen-bond donors (Lipinski definition) is 0. The quantitative estimate of drug-likeness (QED) is 0.559. The van der Waals surface area contributed by atoms with Gasteiger partial charge in [-0.2, -0.15) is 0 Å². The van der Waals surface area contributed by atoms with E-state index in [0.29, 0.717) is 11.3 Å². The van der Waals surface area contributed by atoms with Crippen LogP contribution in [-0.2, 0) is 4.79 Å². The highest BCUT2D eigenvalue weighted by atomic mass is 16.1. The SMILES string of the molecule is C[C@@H]1CC[C@H](CC=O)C1(C)C. The van der Waals surface area contributed by atoms with Gasteiger partial charge in [-0.05, 0) is 30.1 Å². The molecule has 0 aliphatic heterocycles. The largest absolute Gasteiger partial charge is 0.303 e. The maximum atomic E-state index is 10.4. The monoisotopic (exact) mass is 154 g/mol. The molecule has 0 heterocycles. The summed E-state index contributed by atoms with van der Waals surface area (Å²) in [6.07, 6.45) is 4.38. The summed E-state index contributed by atoms with van der Waals surface area (Å²) in [6, 6.07) is 0. The Labute approximate surface area is 69.2 Å². The summed E-state index contributed by atoms with van der Waals surface area (Å²) in [5.74, 6) is 1.42. The lowest BCUT2D eigenvalue weighted by Crippen LogP contribution is -2.23. The van der Waals surface area contributed by atoms with Crippen molar-refractivity contribution in [1.82, 2.24) is 0 Å². The van der Waals surface area contributed by atoms with E-state index in [1.165, 1.54) is 12.8 Å². The van der Waals surface area contributed by atoms with Gasteiger partial charge < -0.3 is 4.79 Å². The van der Waals surface area contributed by atoms with E-state index in [1.807, 2.05) is 0 Å². The van der Waals surface area contributed by atoms with E-state index in [4.69, 9.17) is 0 Å². The highest BCUT2D eigenvalue weighted by Crippen LogP contribution is 2.48. The second-order valence-corrected chi connectivity index (χ2v) is 4.40. The molecule has 1 rings (SSSR count). The first-order valence-electron chi connectivity index (χ1n) is 4.52. The van der Waals surface area contributed by atoms with Gasteiger partial charge in [-0.15, -0.1) is 0 Å². The highest BCUT2D eigenvalue weighted by molar-refractivity contribution is 5.50. The molecule has 1 aliphatic carbocycles. The summed E-state index contributed by atoms with van der Waals surface area (Å²) in [5, 5.41) is 0. The molecule has 0 N–H and O–H groups in total. The Bertz CT molecular complexity index is 149. The van der Waals surface area contributed by atoms with Gasteiger partial charge in [0, 0.05) is 6.42 Å². The smallest absolute Gasteiger partial charge is 0.120 e. The third-order valence-corrected chi connectivity index (χ3v) is 3.65. The lowest BCUT2D eigenvalue weighted by atomic mass is 9.75. The van der Waals surface area contributed by atoms with E-state index < -0.39 is 0 Å². The first-order chi connectivity index (χ1) is 5.09. The summed E-state index contributed by atoms with van der Waals surface area (Å²) in [5.41, 5.74) is 0.390. The molecule has 0 aromatic heterocycles. The zero-order chi connectivity index (χ0) is 8.48. The minimum absolute atomic E-state index is 0.390. The Balaban J connectivity index is 2.62. The number of carbonyl (C=O) groups is 1. The van der Waals surface area contributed by atoms with E-state index in [-0.39, 0.29) is 0 Å². The van der Waals surface area contributed by atoms with Gasteiger partial charge in [0.25, 0.3) is 0 Å². The standard InChI is InChI=1S/C10H18O/c1-8-4-5-9(6-7-11)10(8,2)3/h7-9H,4-6H2,1-3H3/t8-,9-/m1/s1. The van der Waals surface area contributed by atoms with Crippen LogP contribution in [0, 0.1) is 17.3 Å². The van der Waals surface area contributed by atoms with Gasteiger partial charge in [-0.3, -0.25) is 0 Å². The van der Waals surface area contributed by atoms with Crippen LogP contribution in [0.5, 0.6) is 0 Å². The van der Waals surface area contributed by atoms with Gasteiger partial charge in [-0.25, -0.2) is 0 Å². The van der Waals surface area contributed by atoms with Crippen molar-refractivity contribution in [2.75, 3.05) is 0 Å². The van der Waals surface area contributed by atoms with Crippen molar-refractivity contribution in [1.29, 1.82) is 0 Å². The predicted octanol–water partition coefficient (Wildman–Crippen LogP) is 2.65. The Morgan fingerprint density at radius 1 is 1.45 bits per heavy atom. The summed E-state index contributed by atoms with van der Waals surface area (Å²) in [6.45, 7) is 6.88. The second-order valence-electron chi connectivity index (χ2n) is 4.40. The van der Waals surface area contributed by atoms with Crippen LogP contribution in [0.2, 0.25) is 0 Å². The van der Waals surface area contributed by atoms with Crippen LogP contribution in [0.4, 0.5) is 0 Å². The van der Waals surface area contributed by atoms with Gasteiger partial charge in [0.15, 0.2) is 0 Å². The molecule has 0 unspecified atom stereocenters. The lowest BCUT2D eigenvalue weighted by Gasteiger charge is -2.30. The van der Waals surface area contributed by atoms with E-state index in [0.717, 1.165) is 18.6 Å². The first-order valence-corrected chi connectivity index (χ1v) is 4.52. The normalized spacial score (nSPS) is 35.5. The van der Waals surface area contributed by atoms with Gasteiger partial charge >= 0.3 is 0 Å². The number of aldehydes is 1. The molecule has 64 valence electrons. The molecule has 0 amide bonds. The maximum Gasteiger partial charge on any atom is 0.120 e. The molecule has 0 aromatic rings. The van der Waals surface area contributed by atoms with Crippen LogP contribution >= 0.6 is 0 Å². The molecule has 2 atom stereocenters. The van der Waals surface area contributed by atoms with Crippen molar-refractivity contribution in [3.63, 3.8) is 0 Å². The third-order valence-electron chi connectivity index (χ3n) is 3.65. The molecule has 1 nitrogen and oxygen atoms in total. The molecule has 0 saturated heterocycles. The van der Waals surface area contributed by atoms with Crippen LogP contribution in [0.15, 0.2) is 0 Å². The van der Waals surface area contributed by atoms with Crippen molar-refractivity contribution in [2.24, 2.45) is 17.3 Å². The Morgan fingerprint density at radius 3 is 2.45 bits per heavy atom. The fraction of sp³-hybridized carbons (Fsp3) is 0.900.